The van der Waals surface area contributed by atoms with Gasteiger partial charge in [-0.05, 0) is 42.9 Å². The highest BCUT2D eigenvalue weighted by molar-refractivity contribution is 5.85. The average molecular weight is 325 g/mol. The molecule has 0 radical (unpaired) electrons. The number of amides is 1. The van der Waals surface area contributed by atoms with Crippen molar-refractivity contribution in [2.24, 2.45) is 5.73 Å². The van der Waals surface area contributed by atoms with Gasteiger partial charge < -0.3 is 15.6 Å². The minimum atomic E-state index is -1.36. The summed E-state index contributed by atoms with van der Waals surface area (Å²) in [6.07, 6.45) is 1.97. The molecular formula is C20H23NO3. The average Bonchev–Trinajstić information content (AvgIpc) is 2.58. The molecule has 1 saturated carbocycles. The van der Waals surface area contributed by atoms with Gasteiger partial charge in [0.05, 0.1) is 6.61 Å². The normalized spacial score (nSPS) is 18.4. The monoisotopic (exact) mass is 325 g/mol. The summed E-state index contributed by atoms with van der Waals surface area (Å²) in [4.78, 5) is 11.9. The Morgan fingerprint density at radius 1 is 1.12 bits per heavy atom. The number of rotatable bonds is 6. The molecule has 0 aliphatic heterocycles. The summed E-state index contributed by atoms with van der Waals surface area (Å²) in [6.45, 7) is 1.82. The number of carbonyl (C=O) groups is 1. The molecule has 1 fully saturated rings. The Balaban J connectivity index is 1.71. The number of ether oxygens (including phenoxy) is 1. The molecule has 3 rings (SSSR count). The maximum Gasteiger partial charge on any atom is 0.252 e. The molecule has 126 valence electrons. The third-order valence-electron chi connectivity index (χ3n) is 5.13. The quantitative estimate of drug-likeness (QED) is 0.857. The van der Waals surface area contributed by atoms with E-state index in [0.717, 1.165) is 23.1 Å². The molecule has 4 nitrogen and oxygen atoms in total. The Hall–Kier alpha value is -2.17. The fourth-order valence-corrected chi connectivity index (χ4v) is 3.08. The SMILES string of the molecule is CC(OCc1ccc(-c2ccccc2)cc1)(C(N)=O)C1(O)CCC1. The zero-order chi connectivity index (χ0) is 17.2. The lowest BCUT2D eigenvalue weighted by molar-refractivity contribution is -0.211. The second-order valence-electron chi connectivity index (χ2n) is 6.63. The van der Waals surface area contributed by atoms with Crippen LogP contribution in [0.25, 0.3) is 11.1 Å². The number of benzene rings is 2. The molecule has 2 aromatic carbocycles. The van der Waals surface area contributed by atoms with Gasteiger partial charge in [0.25, 0.3) is 5.91 Å². The van der Waals surface area contributed by atoms with Crippen LogP contribution in [-0.4, -0.2) is 22.2 Å². The van der Waals surface area contributed by atoms with Gasteiger partial charge in [0.15, 0.2) is 5.60 Å². The highest BCUT2D eigenvalue weighted by Crippen LogP contribution is 2.43. The van der Waals surface area contributed by atoms with Crippen LogP contribution in [0.15, 0.2) is 54.6 Å². The van der Waals surface area contributed by atoms with E-state index < -0.39 is 17.1 Å². The Morgan fingerprint density at radius 2 is 1.71 bits per heavy atom. The van der Waals surface area contributed by atoms with Crippen molar-refractivity contribution in [2.45, 2.75) is 44.0 Å². The van der Waals surface area contributed by atoms with Crippen molar-refractivity contribution in [3.05, 3.63) is 60.2 Å². The van der Waals surface area contributed by atoms with Gasteiger partial charge in [-0.2, -0.15) is 0 Å². The fourth-order valence-electron chi connectivity index (χ4n) is 3.08. The molecule has 0 aromatic heterocycles. The van der Waals surface area contributed by atoms with E-state index in [2.05, 4.69) is 12.1 Å². The van der Waals surface area contributed by atoms with Crippen molar-refractivity contribution in [2.75, 3.05) is 0 Å². The van der Waals surface area contributed by atoms with E-state index in [1.54, 1.807) is 6.92 Å². The molecule has 0 spiro atoms. The Morgan fingerprint density at radius 3 is 2.21 bits per heavy atom. The Bertz CT molecular complexity index is 707. The lowest BCUT2D eigenvalue weighted by Crippen LogP contribution is -2.64. The number of hydrogen-bond acceptors (Lipinski definition) is 3. The minimum absolute atomic E-state index is 0.233. The van der Waals surface area contributed by atoms with Gasteiger partial charge in [0.2, 0.25) is 0 Å². The molecule has 24 heavy (non-hydrogen) atoms. The maximum atomic E-state index is 11.9. The van der Waals surface area contributed by atoms with Crippen molar-refractivity contribution in [1.82, 2.24) is 0 Å². The summed E-state index contributed by atoms with van der Waals surface area (Å²) in [5, 5.41) is 10.5. The van der Waals surface area contributed by atoms with Crippen LogP contribution in [0.2, 0.25) is 0 Å². The number of hydrogen-bond donors (Lipinski definition) is 2. The van der Waals surface area contributed by atoms with Crippen LogP contribution < -0.4 is 5.73 Å². The zero-order valence-corrected chi connectivity index (χ0v) is 13.9. The molecule has 3 N–H and O–H groups in total. The third-order valence-corrected chi connectivity index (χ3v) is 5.13. The van der Waals surface area contributed by atoms with Crippen LogP contribution in [0.3, 0.4) is 0 Å². The summed E-state index contributed by atoms with van der Waals surface area (Å²) < 4.78 is 5.81. The third kappa shape index (κ3) is 2.95. The molecule has 1 aliphatic carbocycles. The van der Waals surface area contributed by atoms with Crippen LogP contribution in [0.5, 0.6) is 0 Å². The highest BCUT2D eigenvalue weighted by atomic mass is 16.5. The van der Waals surface area contributed by atoms with E-state index in [-0.39, 0.29) is 6.61 Å². The van der Waals surface area contributed by atoms with E-state index in [4.69, 9.17) is 10.5 Å². The van der Waals surface area contributed by atoms with Gasteiger partial charge >= 0.3 is 0 Å². The van der Waals surface area contributed by atoms with Crippen LogP contribution in [0, 0.1) is 0 Å². The molecular weight excluding hydrogens is 302 g/mol. The van der Waals surface area contributed by atoms with Gasteiger partial charge in [-0.3, -0.25) is 4.79 Å². The molecule has 1 amide bonds. The van der Waals surface area contributed by atoms with Crippen molar-refractivity contribution in [3.8, 4) is 11.1 Å². The first-order valence-electron chi connectivity index (χ1n) is 8.25. The smallest absolute Gasteiger partial charge is 0.252 e. The van der Waals surface area contributed by atoms with Crippen LogP contribution in [-0.2, 0) is 16.1 Å². The van der Waals surface area contributed by atoms with Crippen molar-refractivity contribution in [1.29, 1.82) is 0 Å². The molecule has 1 unspecified atom stereocenters. The molecule has 1 atom stereocenters. The van der Waals surface area contributed by atoms with E-state index in [1.165, 1.54) is 0 Å². The number of aliphatic hydroxyl groups is 1. The van der Waals surface area contributed by atoms with Crippen LogP contribution in [0.1, 0.15) is 31.7 Å². The van der Waals surface area contributed by atoms with Gasteiger partial charge in [-0.15, -0.1) is 0 Å². The van der Waals surface area contributed by atoms with Gasteiger partial charge in [-0.25, -0.2) is 0 Å². The standard InChI is InChI=1S/C20H23NO3/c1-19(18(21)22,20(23)12-5-13-20)24-14-15-8-10-17(11-9-15)16-6-3-2-4-7-16/h2-4,6-11,23H,5,12-14H2,1H3,(H2,21,22). The summed E-state index contributed by atoms with van der Waals surface area (Å²) in [6, 6.07) is 18.1. The van der Waals surface area contributed by atoms with Crippen molar-refractivity contribution < 1.29 is 14.6 Å². The molecule has 2 aromatic rings. The van der Waals surface area contributed by atoms with Gasteiger partial charge in [0, 0.05) is 0 Å². The highest BCUT2D eigenvalue weighted by Gasteiger charge is 2.55. The lowest BCUT2D eigenvalue weighted by Gasteiger charge is -2.48. The van der Waals surface area contributed by atoms with E-state index in [0.29, 0.717) is 12.8 Å². The lowest BCUT2D eigenvalue weighted by atomic mass is 9.68. The van der Waals surface area contributed by atoms with E-state index in [9.17, 15) is 9.90 Å². The van der Waals surface area contributed by atoms with Crippen molar-refractivity contribution >= 4 is 5.91 Å². The van der Waals surface area contributed by atoms with Crippen molar-refractivity contribution in [3.63, 3.8) is 0 Å². The minimum Gasteiger partial charge on any atom is -0.386 e. The maximum absolute atomic E-state index is 11.9. The van der Waals surface area contributed by atoms with Gasteiger partial charge in [0.1, 0.15) is 5.60 Å². The van der Waals surface area contributed by atoms with E-state index in [1.807, 2.05) is 42.5 Å². The number of carbonyl (C=O) groups excluding carboxylic acids is 1. The first-order chi connectivity index (χ1) is 11.4. The predicted molar refractivity (Wildman–Crippen MR) is 93.1 cm³/mol. The topological polar surface area (TPSA) is 72.5 Å². The second-order valence-corrected chi connectivity index (χ2v) is 6.63. The molecule has 0 heterocycles. The summed E-state index contributed by atoms with van der Waals surface area (Å²) >= 11 is 0. The van der Waals surface area contributed by atoms with Crippen LogP contribution >= 0.6 is 0 Å². The zero-order valence-electron chi connectivity index (χ0n) is 13.9. The molecule has 0 saturated heterocycles. The van der Waals surface area contributed by atoms with Gasteiger partial charge in [-0.1, -0.05) is 54.6 Å². The second kappa shape index (κ2) is 6.38. The summed E-state index contributed by atoms with van der Waals surface area (Å²) in [5.41, 5.74) is 6.20. The first-order valence-corrected chi connectivity index (χ1v) is 8.25. The summed E-state index contributed by atoms with van der Waals surface area (Å²) in [5.74, 6) is -0.620. The molecule has 0 bridgehead atoms. The van der Waals surface area contributed by atoms with Crippen LogP contribution in [0.4, 0.5) is 0 Å². The Kier molecular flexibility index (Phi) is 4.43. The van der Waals surface area contributed by atoms with E-state index >= 15 is 0 Å². The molecule has 1 aliphatic rings. The fraction of sp³-hybridized carbons (Fsp3) is 0.350. The number of primary amides is 1. The number of nitrogens with two attached hydrogens (primary N) is 1. The predicted octanol–water partition coefficient (Wildman–Crippen LogP) is 3.03. The largest absolute Gasteiger partial charge is 0.386 e. The first kappa shape index (κ1) is 16.7. The Labute approximate surface area is 142 Å². The summed E-state index contributed by atoms with van der Waals surface area (Å²) in [7, 11) is 0. The molecule has 4 heteroatoms.